The lowest BCUT2D eigenvalue weighted by Gasteiger charge is -2.29. The van der Waals surface area contributed by atoms with Crippen molar-refractivity contribution < 1.29 is 4.79 Å². The third-order valence-electron chi connectivity index (χ3n) is 5.08. The van der Waals surface area contributed by atoms with Gasteiger partial charge in [-0.2, -0.15) is 0 Å². The number of aromatic nitrogens is 2. The molecule has 0 saturated heterocycles. The molecule has 1 amide bonds. The maximum absolute atomic E-state index is 12.7. The third-order valence-corrected chi connectivity index (χ3v) is 5.08. The van der Waals surface area contributed by atoms with Crippen molar-refractivity contribution in [1.82, 2.24) is 9.97 Å². The van der Waals surface area contributed by atoms with E-state index in [0.717, 1.165) is 41.9 Å². The van der Waals surface area contributed by atoms with Crippen LogP contribution in [-0.4, -0.2) is 22.4 Å². The largest absolute Gasteiger partial charge is 0.320 e. The Labute approximate surface area is 159 Å². The Balaban J connectivity index is 1.62. The number of anilines is 3. The molecule has 27 heavy (non-hydrogen) atoms. The molecule has 1 N–H and O–H groups in total. The molecular weight excluding hydrogens is 336 g/mol. The van der Waals surface area contributed by atoms with Gasteiger partial charge in [-0.25, -0.2) is 9.97 Å². The number of nitrogens with one attached hydrogen (secondary N) is 1. The number of carbonyl (C=O) groups excluding carboxylic acids is 1. The SMILES string of the molecule is Cc1cccc(NC(=O)c2ccnc(N3CCCc4ccccc43)n2)c1C. The standard InChI is InChI=1S/C22H22N4O/c1-15-7-5-10-18(16(15)2)24-21(27)19-12-13-23-22(25-19)26-14-6-9-17-8-3-4-11-20(17)26/h3-5,7-8,10-13H,6,9,14H2,1-2H3,(H,24,27). The normalized spacial score (nSPS) is 13.2. The van der Waals surface area contributed by atoms with E-state index in [4.69, 9.17) is 0 Å². The number of carbonyl (C=O) groups is 1. The van der Waals surface area contributed by atoms with Crippen molar-refractivity contribution in [2.75, 3.05) is 16.8 Å². The lowest BCUT2D eigenvalue weighted by Crippen LogP contribution is -2.27. The molecule has 0 atom stereocenters. The van der Waals surface area contributed by atoms with Crippen molar-refractivity contribution in [2.45, 2.75) is 26.7 Å². The second kappa shape index (κ2) is 7.19. The number of hydrogen-bond acceptors (Lipinski definition) is 4. The van der Waals surface area contributed by atoms with E-state index in [2.05, 4.69) is 38.4 Å². The average Bonchev–Trinajstić information content (AvgIpc) is 2.71. The van der Waals surface area contributed by atoms with Crippen molar-refractivity contribution in [3.05, 3.63) is 77.1 Å². The number of rotatable bonds is 3. The molecule has 1 aromatic heterocycles. The molecule has 0 unspecified atom stereocenters. The summed E-state index contributed by atoms with van der Waals surface area (Å²) in [4.78, 5) is 23.8. The smallest absolute Gasteiger partial charge is 0.274 e. The van der Waals surface area contributed by atoms with Gasteiger partial charge >= 0.3 is 0 Å². The topological polar surface area (TPSA) is 58.1 Å². The lowest BCUT2D eigenvalue weighted by molar-refractivity contribution is 0.102. The summed E-state index contributed by atoms with van der Waals surface area (Å²) in [5.41, 5.74) is 5.78. The van der Waals surface area contributed by atoms with Gasteiger partial charge in [0.1, 0.15) is 5.69 Å². The molecule has 4 rings (SSSR count). The molecule has 0 saturated carbocycles. The Morgan fingerprint density at radius 2 is 1.93 bits per heavy atom. The number of nitrogens with zero attached hydrogens (tertiary/aromatic N) is 3. The zero-order chi connectivity index (χ0) is 18.8. The molecule has 1 aliphatic heterocycles. The minimum absolute atomic E-state index is 0.224. The number of para-hydroxylation sites is 1. The van der Waals surface area contributed by atoms with Gasteiger partial charge in [0.15, 0.2) is 0 Å². The van der Waals surface area contributed by atoms with Gasteiger partial charge in [-0.3, -0.25) is 4.79 Å². The molecule has 0 aliphatic carbocycles. The van der Waals surface area contributed by atoms with Gasteiger partial charge in [0.25, 0.3) is 5.91 Å². The van der Waals surface area contributed by atoms with Crippen LogP contribution < -0.4 is 10.2 Å². The molecule has 0 radical (unpaired) electrons. The molecule has 5 nitrogen and oxygen atoms in total. The molecule has 1 aliphatic rings. The molecule has 2 aromatic carbocycles. The zero-order valence-electron chi connectivity index (χ0n) is 15.6. The monoisotopic (exact) mass is 358 g/mol. The van der Waals surface area contributed by atoms with Crippen molar-refractivity contribution in [3.8, 4) is 0 Å². The Hall–Kier alpha value is -3.21. The third kappa shape index (κ3) is 3.40. The highest BCUT2D eigenvalue weighted by Gasteiger charge is 2.21. The Morgan fingerprint density at radius 3 is 2.81 bits per heavy atom. The molecule has 5 heteroatoms. The van der Waals surface area contributed by atoms with Crippen LogP contribution in [0.25, 0.3) is 0 Å². The summed E-state index contributed by atoms with van der Waals surface area (Å²) in [5, 5.41) is 2.97. The first-order valence-electron chi connectivity index (χ1n) is 9.19. The lowest BCUT2D eigenvalue weighted by atomic mass is 10.0. The molecule has 0 bridgehead atoms. The molecular formula is C22H22N4O. The quantitative estimate of drug-likeness (QED) is 0.752. The fourth-order valence-corrected chi connectivity index (χ4v) is 3.42. The summed E-state index contributed by atoms with van der Waals surface area (Å²) in [6.07, 6.45) is 3.75. The van der Waals surface area contributed by atoms with Crippen molar-refractivity contribution in [3.63, 3.8) is 0 Å². The predicted octanol–water partition coefficient (Wildman–Crippen LogP) is 4.43. The first kappa shape index (κ1) is 17.2. The minimum atomic E-state index is -0.224. The number of aryl methyl sites for hydroxylation is 2. The second-order valence-corrected chi connectivity index (χ2v) is 6.83. The van der Waals surface area contributed by atoms with Gasteiger partial charge in [-0.05, 0) is 61.6 Å². The number of fused-ring (bicyclic) bond motifs is 1. The van der Waals surface area contributed by atoms with Crippen LogP contribution in [0.1, 0.15) is 33.6 Å². The maximum Gasteiger partial charge on any atom is 0.274 e. The highest BCUT2D eigenvalue weighted by atomic mass is 16.1. The van der Waals surface area contributed by atoms with Gasteiger partial charge in [-0.15, -0.1) is 0 Å². The fourth-order valence-electron chi connectivity index (χ4n) is 3.42. The van der Waals surface area contributed by atoms with Crippen molar-refractivity contribution in [1.29, 1.82) is 0 Å². The fraction of sp³-hybridized carbons (Fsp3) is 0.227. The van der Waals surface area contributed by atoms with Crippen LogP contribution in [0.15, 0.2) is 54.7 Å². The van der Waals surface area contributed by atoms with Crippen LogP contribution in [0.3, 0.4) is 0 Å². The summed E-state index contributed by atoms with van der Waals surface area (Å²) < 4.78 is 0. The van der Waals surface area contributed by atoms with Gasteiger partial charge in [0.05, 0.1) is 0 Å². The molecule has 0 fully saturated rings. The number of hydrogen-bond donors (Lipinski definition) is 1. The Kier molecular flexibility index (Phi) is 4.59. The van der Waals surface area contributed by atoms with E-state index in [-0.39, 0.29) is 5.91 Å². The first-order chi connectivity index (χ1) is 13.1. The summed E-state index contributed by atoms with van der Waals surface area (Å²) >= 11 is 0. The summed E-state index contributed by atoms with van der Waals surface area (Å²) in [6, 6.07) is 15.8. The highest BCUT2D eigenvalue weighted by Crippen LogP contribution is 2.31. The first-order valence-corrected chi connectivity index (χ1v) is 9.19. The van der Waals surface area contributed by atoms with Crippen molar-refractivity contribution in [2.24, 2.45) is 0 Å². The van der Waals surface area contributed by atoms with E-state index in [0.29, 0.717) is 11.6 Å². The number of amides is 1. The highest BCUT2D eigenvalue weighted by molar-refractivity contribution is 6.03. The Bertz CT molecular complexity index is 999. The second-order valence-electron chi connectivity index (χ2n) is 6.83. The van der Waals surface area contributed by atoms with E-state index in [1.165, 1.54) is 5.56 Å². The minimum Gasteiger partial charge on any atom is -0.320 e. The van der Waals surface area contributed by atoms with E-state index < -0.39 is 0 Å². The van der Waals surface area contributed by atoms with Gasteiger partial charge < -0.3 is 10.2 Å². The molecule has 136 valence electrons. The van der Waals surface area contributed by atoms with E-state index >= 15 is 0 Å². The summed E-state index contributed by atoms with van der Waals surface area (Å²) in [7, 11) is 0. The predicted molar refractivity (Wildman–Crippen MR) is 108 cm³/mol. The van der Waals surface area contributed by atoms with Crippen molar-refractivity contribution >= 4 is 23.2 Å². The van der Waals surface area contributed by atoms with Gasteiger partial charge in [-0.1, -0.05) is 30.3 Å². The molecule has 2 heterocycles. The Morgan fingerprint density at radius 1 is 1.07 bits per heavy atom. The van der Waals surface area contributed by atoms with Crippen LogP contribution in [-0.2, 0) is 6.42 Å². The summed E-state index contributed by atoms with van der Waals surface area (Å²) in [6.45, 7) is 4.88. The zero-order valence-corrected chi connectivity index (χ0v) is 15.6. The summed E-state index contributed by atoms with van der Waals surface area (Å²) in [5.74, 6) is 0.341. The van der Waals surface area contributed by atoms with Gasteiger partial charge in [0, 0.05) is 24.1 Å². The van der Waals surface area contributed by atoms with Crippen LogP contribution in [0.5, 0.6) is 0 Å². The maximum atomic E-state index is 12.7. The van der Waals surface area contributed by atoms with Crippen LogP contribution >= 0.6 is 0 Å². The van der Waals surface area contributed by atoms with E-state index in [1.54, 1.807) is 12.3 Å². The number of benzene rings is 2. The molecule has 0 spiro atoms. The van der Waals surface area contributed by atoms with Crippen LogP contribution in [0.2, 0.25) is 0 Å². The van der Waals surface area contributed by atoms with E-state index in [1.807, 2.05) is 38.1 Å². The van der Waals surface area contributed by atoms with Crippen LogP contribution in [0, 0.1) is 13.8 Å². The van der Waals surface area contributed by atoms with Crippen LogP contribution in [0.4, 0.5) is 17.3 Å². The van der Waals surface area contributed by atoms with Gasteiger partial charge in [0.2, 0.25) is 5.95 Å². The van der Waals surface area contributed by atoms with E-state index in [9.17, 15) is 4.79 Å². The molecule has 3 aromatic rings. The average molecular weight is 358 g/mol.